The molecule has 0 saturated heterocycles. The second-order valence-corrected chi connectivity index (χ2v) is 3.49. The van der Waals surface area contributed by atoms with Crippen LogP contribution in [-0.2, 0) is 16.1 Å². The standard InChI is InChI=1S/C12H17NO3/c1-16-12(15)11(14)7-8-13-9-10-5-3-2-4-6-10/h2-6,11,13-14H,7-9H2,1H3. The Morgan fingerprint density at radius 2 is 2.12 bits per heavy atom. The molecule has 16 heavy (non-hydrogen) atoms. The first kappa shape index (κ1) is 12.7. The van der Waals surface area contributed by atoms with Gasteiger partial charge in [0.1, 0.15) is 0 Å². The van der Waals surface area contributed by atoms with E-state index in [-0.39, 0.29) is 0 Å². The number of aliphatic hydroxyl groups excluding tert-OH is 1. The Balaban J connectivity index is 2.15. The number of aliphatic hydroxyl groups is 1. The Kier molecular flexibility index (Phi) is 5.53. The zero-order valence-corrected chi connectivity index (χ0v) is 9.35. The van der Waals surface area contributed by atoms with E-state index in [1.807, 2.05) is 30.3 Å². The maximum absolute atomic E-state index is 10.9. The van der Waals surface area contributed by atoms with Crippen molar-refractivity contribution in [2.24, 2.45) is 0 Å². The van der Waals surface area contributed by atoms with E-state index in [4.69, 9.17) is 0 Å². The van der Waals surface area contributed by atoms with E-state index in [0.29, 0.717) is 13.0 Å². The summed E-state index contributed by atoms with van der Waals surface area (Å²) < 4.78 is 4.41. The number of methoxy groups -OCH3 is 1. The van der Waals surface area contributed by atoms with Crippen LogP contribution in [0.4, 0.5) is 0 Å². The molecular formula is C12H17NO3. The molecule has 4 heteroatoms. The molecule has 0 fully saturated rings. The third kappa shape index (κ3) is 4.42. The van der Waals surface area contributed by atoms with Gasteiger partial charge in [0.05, 0.1) is 7.11 Å². The van der Waals surface area contributed by atoms with E-state index in [9.17, 15) is 9.90 Å². The number of hydrogen-bond donors (Lipinski definition) is 2. The Hall–Kier alpha value is -1.39. The Morgan fingerprint density at radius 1 is 1.44 bits per heavy atom. The summed E-state index contributed by atoms with van der Waals surface area (Å²) in [7, 11) is 1.27. The predicted octanol–water partition coefficient (Wildman–Crippen LogP) is 0.700. The lowest BCUT2D eigenvalue weighted by atomic mass is 10.2. The van der Waals surface area contributed by atoms with Crippen molar-refractivity contribution in [1.82, 2.24) is 5.32 Å². The Bertz CT molecular complexity index is 313. The molecule has 1 atom stereocenters. The molecule has 0 aliphatic carbocycles. The quantitative estimate of drug-likeness (QED) is 0.550. The molecule has 0 aliphatic heterocycles. The number of nitrogens with one attached hydrogen (secondary N) is 1. The molecule has 1 rings (SSSR count). The molecule has 1 unspecified atom stereocenters. The van der Waals surface area contributed by atoms with Crippen molar-refractivity contribution in [1.29, 1.82) is 0 Å². The highest BCUT2D eigenvalue weighted by atomic mass is 16.5. The smallest absolute Gasteiger partial charge is 0.334 e. The van der Waals surface area contributed by atoms with Gasteiger partial charge in [0.2, 0.25) is 0 Å². The highest BCUT2D eigenvalue weighted by Crippen LogP contribution is 1.98. The third-order valence-corrected chi connectivity index (χ3v) is 2.24. The van der Waals surface area contributed by atoms with Gasteiger partial charge in [-0.2, -0.15) is 0 Å². The fourth-order valence-corrected chi connectivity index (χ4v) is 1.32. The van der Waals surface area contributed by atoms with E-state index in [1.165, 1.54) is 12.7 Å². The lowest BCUT2D eigenvalue weighted by Crippen LogP contribution is -2.27. The SMILES string of the molecule is COC(=O)C(O)CCNCc1ccccc1. The van der Waals surface area contributed by atoms with Crippen molar-refractivity contribution in [2.45, 2.75) is 19.1 Å². The van der Waals surface area contributed by atoms with Crippen LogP contribution in [0.1, 0.15) is 12.0 Å². The summed E-state index contributed by atoms with van der Waals surface area (Å²) in [4.78, 5) is 10.9. The van der Waals surface area contributed by atoms with Crippen LogP contribution >= 0.6 is 0 Å². The first-order valence-electron chi connectivity index (χ1n) is 5.24. The molecule has 0 radical (unpaired) electrons. The first-order chi connectivity index (χ1) is 7.74. The van der Waals surface area contributed by atoms with Crippen molar-refractivity contribution < 1.29 is 14.6 Å². The number of carbonyl (C=O) groups excluding carboxylic acids is 1. The van der Waals surface area contributed by atoms with Crippen molar-refractivity contribution in [3.8, 4) is 0 Å². The first-order valence-corrected chi connectivity index (χ1v) is 5.24. The zero-order chi connectivity index (χ0) is 11.8. The van der Waals surface area contributed by atoms with Crippen molar-refractivity contribution in [2.75, 3.05) is 13.7 Å². The van der Waals surface area contributed by atoms with Gasteiger partial charge in [-0.25, -0.2) is 4.79 Å². The van der Waals surface area contributed by atoms with Crippen LogP contribution in [0, 0.1) is 0 Å². The van der Waals surface area contributed by atoms with E-state index in [1.54, 1.807) is 0 Å². The summed E-state index contributed by atoms with van der Waals surface area (Å²) >= 11 is 0. The molecule has 0 aromatic heterocycles. The molecule has 0 aliphatic rings. The summed E-state index contributed by atoms with van der Waals surface area (Å²) in [6.45, 7) is 1.31. The van der Waals surface area contributed by atoms with Gasteiger partial charge in [-0.3, -0.25) is 0 Å². The largest absolute Gasteiger partial charge is 0.467 e. The van der Waals surface area contributed by atoms with E-state index in [2.05, 4.69) is 10.1 Å². The monoisotopic (exact) mass is 223 g/mol. The summed E-state index contributed by atoms with van der Waals surface area (Å²) in [6, 6.07) is 9.94. The Morgan fingerprint density at radius 3 is 2.75 bits per heavy atom. The van der Waals surface area contributed by atoms with Gasteiger partial charge in [0.25, 0.3) is 0 Å². The van der Waals surface area contributed by atoms with Crippen LogP contribution in [0.25, 0.3) is 0 Å². The zero-order valence-electron chi connectivity index (χ0n) is 9.35. The number of benzene rings is 1. The minimum absolute atomic E-state index is 0.361. The minimum Gasteiger partial charge on any atom is -0.467 e. The lowest BCUT2D eigenvalue weighted by Gasteiger charge is -2.09. The summed E-state index contributed by atoms with van der Waals surface area (Å²) in [5, 5.41) is 12.4. The maximum atomic E-state index is 10.9. The number of carbonyl (C=O) groups is 1. The van der Waals surface area contributed by atoms with Crippen molar-refractivity contribution in [3.05, 3.63) is 35.9 Å². The minimum atomic E-state index is -1.03. The van der Waals surface area contributed by atoms with Crippen molar-refractivity contribution >= 4 is 5.97 Å². The van der Waals surface area contributed by atoms with Crippen LogP contribution in [0.5, 0.6) is 0 Å². The average molecular weight is 223 g/mol. The highest BCUT2D eigenvalue weighted by molar-refractivity contribution is 5.74. The van der Waals surface area contributed by atoms with E-state index >= 15 is 0 Å². The number of rotatable bonds is 6. The summed E-state index contributed by atoms with van der Waals surface area (Å²) in [5.41, 5.74) is 1.18. The van der Waals surface area contributed by atoms with Crippen molar-refractivity contribution in [3.63, 3.8) is 0 Å². The molecule has 0 saturated carbocycles. The average Bonchev–Trinajstić information content (AvgIpc) is 2.34. The fourth-order valence-electron chi connectivity index (χ4n) is 1.32. The van der Waals surface area contributed by atoms with Gasteiger partial charge in [0.15, 0.2) is 6.10 Å². The molecule has 2 N–H and O–H groups in total. The molecule has 1 aromatic carbocycles. The lowest BCUT2D eigenvalue weighted by molar-refractivity contribution is -0.150. The highest BCUT2D eigenvalue weighted by Gasteiger charge is 2.13. The van der Waals surface area contributed by atoms with Gasteiger partial charge in [-0.1, -0.05) is 30.3 Å². The normalized spacial score (nSPS) is 12.1. The van der Waals surface area contributed by atoms with Gasteiger partial charge >= 0.3 is 5.97 Å². The van der Waals surface area contributed by atoms with Crippen LogP contribution in [0.15, 0.2) is 30.3 Å². The molecule has 0 spiro atoms. The summed E-state index contributed by atoms with van der Waals surface area (Å²) in [5.74, 6) is -0.582. The predicted molar refractivity (Wildman–Crippen MR) is 60.8 cm³/mol. The molecule has 4 nitrogen and oxygen atoms in total. The summed E-state index contributed by atoms with van der Waals surface area (Å²) in [6.07, 6.45) is -0.673. The van der Waals surface area contributed by atoms with Crippen LogP contribution < -0.4 is 5.32 Å². The van der Waals surface area contributed by atoms with Gasteiger partial charge < -0.3 is 15.2 Å². The van der Waals surface area contributed by atoms with E-state index in [0.717, 1.165) is 6.54 Å². The second-order valence-electron chi connectivity index (χ2n) is 3.49. The molecule has 1 aromatic rings. The van der Waals surface area contributed by atoms with Gasteiger partial charge in [0, 0.05) is 6.54 Å². The fraction of sp³-hybridized carbons (Fsp3) is 0.417. The number of hydrogen-bond acceptors (Lipinski definition) is 4. The molecule has 0 bridgehead atoms. The topological polar surface area (TPSA) is 58.6 Å². The van der Waals surface area contributed by atoms with Gasteiger partial charge in [-0.05, 0) is 18.5 Å². The molecular weight excluding hydrogens is 206 g/mol. The maximum Gasteiger partial charge on any atom is 0.334 e. The number of ether oxygens (including phenoxy) is 1. The molecule has 0 heterocycles. The number of esters is 1. The molecule has 0 amide bonds. The molecule has 88 valence electrons. The van der Waals surface area contributed by atoms with Crippen LogP contribution in [0.3, 0.4) is 0 Å². The van der Waals surface area contributed by atoms with Gasteiger partial charge in [-0.15, -0.1) is 0 Å². The van der Waals surface area contributed by atoms with E-state index < -0.39 is 12.1 Å². The van der Waals surface area contributed by atoms with Crippen LogP contribution in [-0.4, -0.2) is 30.8 Å². The second kappa shape index (κ2) is 6.98. The van der Waals surface area contributed by atoms with Crippen LogP contribution in [0.2, 0.25) is 0 Å². The third-order valence-electron chi connectivity index (χ3n) is 2.24. The Labute approximate surface area is 95.2 Å².